The second-order valence-electron chi connectivity index (χ2n) is 1.45. The lowest BCUT2D eigenvalue weighted by atomic mass is 10.2. The molecule has 0 aromatic heterocycles. The van der Waals surface area contributed by atoms with Crippen molar-refractivity contribution < 1.29 is 0 Å². The summed E-state index contributed by atoms with van der Waals surface area (Å²) in [5, 5.41) is 0. The molecule has 0 saturated heterocycles. The van der Waals surface area contributed by atoms with Crippen molar-refractivity contribution in [3.05, 3.63) is 11.6 Å². The zero-order chi connectivity index (χ0) is 5.70. The molecule has 0 aliphatic carbocycles. The Morgan fingerprint density at radius 2 is 2.29 bits per heavy atom. The van der Waals surface area contributed by atoms with Gasteiger partial charge < -0.3 is 0 Å². The van der Waals surface area contributed by atoms with Crippen LogP contribution in [0.4, 0.5) is 0 Å². The van der Waals surface area contributed by atoms with Gasteiger partial charge in [0.2, 0.25) is 0 Å². The summed E-state index contributed by atoms with van der Waals surface area (Å²) in [6.45, 7) is 2.01. The molecule has 0 aliphatic rings. The van der Waals surface area contributed by atoms with Crippen LogP contribution in [-0.2, 0) is 0 Å². The first-order valence-electron chi connectivity index (χ1n) is 2.14. The molecule has 0 radical (unpaired) electrons. The van der Waals surface area contributed by atoms with E-state index in [4.69, 9.17) is 23.2 Å². The number of rotatable bonds is 2. The Bertz CT molecular complexity index is 59.1. The molecule has 0 rings (SSSR count). The van der Waals surface area contributed by atoms with Gasteiger partial charge in [-0.2, -0.15) is 0 Å². The summed E-state index contributed by atoms with van der Waals surface area (Å²) in [6.07, 6.45) is 1.86. The van der Waals surface area contributed by atoms with Crippen molar-refractivity contribution in [3.63, 3.8) is 0 Å². The molecule has 0 bridgehead atoms. The van der Waals surface area contributed by atoms with E-state index in [1.54, 1.807) is 0 Å². The number of hydrogen-bond acceptors (Lipinski definition) is 0. The predicted molar refractivity (Wildman–Crippen MR) is 34.9 cm³/mol. The molecule has 0 aromatic rings. The Hall–Kier alpha value is 0.320. The smallest absolute Gasteiger partial charge is 0.0284 e. The summed E-state index contributed by atoms with van der Waals surface area (Å²) in [6, 6.07) is 0. The number of hydrogen-bond donors (Lipinski definition) is 0. The second kappa shape index (κ2) is 4.48. The van der Waals surface area contributed by atoms with E-state index in [0.717, 1.165) is 0 Å². The monoisotopic (exact) mass is 138 g/mol. The highest BCUT2D eigenvalue weighted by atomic mass is 35.5. The van der Waals surface area contributed by atoms with Gasteiger partial charge in [-0.05, 0) is 5.92 Å². The average Bonchev–Trinajstić information content (AvgIpc) is 1.68. The van der Waals surface area contributed by atoms with E-state index in [1.165, 1.54) is 5.54 Å². The average molecular weight is 139 g/mol. The third-order valence-electron chi connectivity index (χ3n) is 0.645. The standard InChI is InChI=1S/C5H8Cl2/c1-5(4-7)2-3-6/h2-3,5H,4H2,1H3/b3-2+. The van der Waals surface area contributed by atoms with Crippen LogP contribution in [0.1, 0.15) is 6.92 Å². The van der Waals surface area contributed by atoms with Crippen LogP contribution in [0.25, 0.3) is 0 Å². The molecule has 0 spiro atoms. The highest BCUT2D eigenvalue weighted by Crippen LogP contribution is 1.99. The molecule has 7 heavy (non-hydrogen) atoms. The predicted octanol–water partition coefficient (Wildman–Crippen LogP) is 2.61. The first-order valence-corrected chi connectivity index (χ1v) is 3.11. The van der Waals surface area contributed by atoms with E-state index in [2.05, 4.69) is 0 Å². The first-order chi connectivity index (χ1) is 3.31. The Morgan fingerprint density at radius 1 is 1.71 bits per heavy atom. The Balaban J connectivity index is 3.16. The summed E-state index contributed by atoms with van der Waals surface area (Å²) in [7, 11) is 0. The summed E-state index contributed by atoms with van der Waals surface area (Å²) < 4.78 is 0. The maximum absolute atomic E-state index is 5.42. The molecule has 0 N–H and O–H groups in total. The molecular formula is C5H8Cl2. The summed E-state index contributed by atoms with van der Waals surface area (Å²) >= 11 is 10.7. The van der Waals surface area contributed by atoms with E-state index in [9.17, 15) is 0 Å². The SMILES string of the molecule is CC(/C=C/Cl)CCl. The molecule has 1 atom stereocenters. The lowest BCUT2D eigenvalue weighted by molar-refractivity contribution is 0.843. The van der Waals surface area contributed by atoms with Gasteiger partial charge in [-0.3, -0.25) is 0 Å². The van der Waals surface area contributed by atoms with Crippen molar-refractivity contribution in [1.82, 2.24) is 0 Å². The van der Waals surface area contributed by atoms with Crippen molar-refractivity contribution in [2.45, 2.75) is 6.92 Å². The second-order valence-corrected chi connectivity index (χ2v) is 2.01. The lowest BCUT2D eigenvalue weighted by Gasteiger charge is -1.93. The van der Waals surface area contributed by atoms with Gasteiger partial charge in [0.05, 0.1) is 0 Å². The summed E-state index contributed by atoms with van der Waals surface area (Å²) in [5.41, 5.74) is 1.49. The maximum atomic E-state index is 5.42. The summed E-state index contributed by atoms with van der Waals surface area (Å²) in [5.74, 6) is 1.04. The van der Waals surface area contributed by atoms with Crippen LogP contribution in [0.5, 0.6) is 0 Å². The molecule has 0 nitrogen and oxygen atoms in total. The number of alkyl halides is 1. The zero-order valence-electron chi connectivity index (χ0n) is 4.20. The van der Waals surface area contributed by atoms with Gasteiger partial charge in [-0.15, -0.1) is 11.6 Å². The third kappa shape index (κ3) is 4.17. The van der Waals surface area contributed by atoms with Crippen molar-refractivity contribution >= 4 is 23.2 Å². The third-order valence-corrected chi connectivity index (χ3v) is 1.28. The van der Waals surface area contributed by atoms with Gasteiger partial charge in [0.25, 0.3) is 0 Å². The van der Waals surface area contributed by atoms with Gasteiger partial charge in [-0.1, -0.05) is 24.6 Å². The van der Waals surface area contributed by atoms with Crippen molar-refractivity contribution in [1.29, 1.82) is 0 Å². The fourth-order valence-electron chi connectivity index (χ4n) is 0.176. The molecule has 0 heterocycles. The molecule has 1 unspecified atom stereocenters. The normalized spacial score (nSPS) is 15.3. The Morgan fingerprint density at radius 3 is 2.43 bits per heavy atom. The van der Waals surface area contributed by atoms with Crippen LogP contribution in [0.2, 0.25) is 0 Å². The molecular weight excluding hydrogens is 131 g/mol. The molecule has 0 fully saturated rings. The van der Waals surface area contributed by atoms with Gasteiger partial charge in [-0.25, -0.2) is 0 Å². The first kappa shape index (κ1) is 7.32. The maximum Gasteiger partial charge on any atom is 0.0284 e. The Kier molecular flexibility index (Phi) is 4.68. The number of halogens is 2. The van der Waals surface area contributed by atoms with Gasteiger partial charge in [0, 0.05) is 11.4 Å². The minimum absolute atomic E-state index is 0.402. The van der Waals surface area contributed by atoms with E-state index in [1.807, 2.05) is 13.0 Å². The van der Waals surface area contributed by atoms with Crippen LogP contribution < -0.4 is 0 Å². The topological polar surface area (TPSA) is 0 Å². The fraction of sp³-hybridized carbons (Fsp3) is 0.600. The molecule has 42 valence electrons. The molecule has 0 amide bonds. The van der Waals surface area contributed by atoms with Crippen LogP contribution in [0, 0.1) is 5.92 Å². The zero-order valence-corrected chi connectivity index (χ0v) is 5.71. The molecule has 0 aliphatic heterocycles. The fourth-order valence-corrected chi connectivity index (χ4v) is 0.527. The van der Waals surface area contributed by atoms with Gasteiger partial charge >= 0.3 is 0 Å². The highest BCUT2D eigenvalue weighted by Gasteiger charge is 1.88. The van der Waals surface area contributed by atoms with Crippen LogP contribution in [0.15, 0.2) is 11.6 Å². The Labute approximate surface area is 54.1 Å². The quantitative estimate of drug-likeness (QED) is 0.516. The largest absolute Gasteiger partial charge is 0.126 e. The minimum Gasteiger partial charge on any atom is -0.126 e. The van der Waals surface area contributed by atoms with Crippen LogP contribution >= 0.6 is 23.2 Å². The van der Waals surface area contributed by atoms with Crippen molar-refractivity contribution in [3.8, 4) is 0 Å². The van der Waals surface area contributed by atoms with Crippen LogP contribution in [0.3, 0.4) is 0 Å². The molecule has 0 aromatic carbocycles. The van der Waals surface area contributed by atoms with Crippen molar-refractivity contribution in [2.24, 2.45) is 5.92 Å². The minimum atomic E-state index is 0.402. The van der Waals surface area contributed by atoms with Gasteiger partial charge in [0.1, 0.15) is 0 Å². The van der Waals surface area contributed by atoms with E-state index in [-0.39, 0.29) is 0 Å². The molecule has 2 heteroatoms. The molecule has 0 saturated carbocycles. The number of allylic oxidation sites excluding steroid dienone is 1. The lowest BCUT2D eigenvalue weighted by Crippen LogP contribution is -1.87. The summed E-state index contributed by atoms with van der Waals surface area (Å²) in [4.78, 5) is 0. The van der Waals surface area contributed by atoms with Crippen molar-refractivity contribution in [2.75, 3.05) is 5.88 Å². The van der Waals surface area contributed by atoms with E-state index >= 15 is 0 Å². The van der Waals surface area contributed by atoms with Gasteiger partial charge in [0.15, 0.2) is 0 Å². The van der Waals surface area contributed by atoms with Crippen LogP contribution in [-0.4, -0.2) is 5.88 Å². The van der Waals surface area contributed by atoms with E-state index < -0.39 is 0 Å². The van der Waals surface area contributed by atoms with E-state index in [0.29, 0.717) is 11.8 Å². The highest BCUT2D eigenvalue weighted by molar-refractivity contribution is 6.25.